The predicted octanol–water partition coefficient (Wildman–Crippen LogP) is 2.54. The monoisotopic (exact) mass is 279 g/mol. The summed E-state index contributed by atoms with van der Waals surface area (Å²) in [5, 5.41) is 9.94. The summed E-state index contributed by atoms with van der Waals surface area (Å²) in [7, 11) is 0. The van der Waals surface area contributed by atoms with Gasteiger partial charge in [-0.2, -0.15) is 0 Å². The van der Waals surface area contributed by atoms with E-state index in [1.165, 1.54) is 0 Å². The number of halogens is 2. The highest BCUT2D eigenvalue weighted by atomic mass is 19.1. The fourth-order valence-corrected chi connectivity index (χ4v) is 1.76. The van der Waals surface area contributed by atoms with Crippen LogP contribution < -0.4 is 10.5 Å². The molecule has 2 aromatic carbocycles. The van der Waals surface area contributed by atoms with Gasteiger partial charge in [0.05, 0.1) is 0 Å². The molecule has 0 aliphatic heterocycles. The molecule has 0 saturated heterocycles. The molecule has 0 bridgehead atoms. The van der Waals surface area contributed by atoms with E-state index in [4.69, 9.17) is 10.5 Å². The second kappa shape index (κ2) is 6.45. The van der Waals surface area contributed by atoms with Crippen molar-refractivity contribution < 1.29 is 18.6 Å². The summed E-state index contributed by atoms with van der Waals surface area (Å²) in [6.45, 7) is 0.334. The number of hydrogen-bond acceptors (Lipinski definition) is 3. The molecule has 106 valence electrons. The molecule has 0 aliphatic carbocycles. The van der Waals surface area contributed by atoms with Gasteiger partial charge in [0, 0.05) is 24.7 Å². The normalized spacial score (nSPS) is 12.2. The highest BCUT2D eigenvalue weighted by Gasteiger charge is 2.09. The second-order valence-electron chi connectivity index (χ2n) is 4.38. The van der Waals surface area contributed by atoms with Crippen molar-refractivity contribution in [1.82, 2.24) is 0 Å². The lowest BCUT2D eigenvalue weighted by Gasteiger charge is -2.13. The minimum atomic E-state index is -0.881. The maximum Gasteiger partial charge on any atom is 0.129 e. The Balaban J connectivity index is 1.98. The molecule has 3 nitrogen and oxygen atoms in total. The van der Waals surface area contributed by atoms with E-state index in [1.54, 1.807) is 24.3 Å². The summed E-state index contributed by atoms with van der Waals surface area (Å²) < 4.78 is 31.1. The summed E-state index contributed by atoms with van der Waals surface area (Å²) in [4.78, 5) is 0. The summed E-state index contributed by atoms with van der Waals surface area (Å²) in [5.41, 5.74) is 7.09. The molecule has 20 heavy (non-hydrogen) atoms. The van der Waals surface area contributed by atoms with Gasteiger partial charge >= 0.3 is 0 Å². The van der Waals surface area contributed by atoms with Crippen LogP contribution >= 0.6 is 0 Å². The maximum absolute atomic E-state index is 13.0. The lowest BCUT2D eigenvalue weighted by molar-refractivity contribution is 0.108. The van der Waals surface area contributed by atoms with Crippen LogP contribution in [0.25, 0.3) is 0 Å². The number of ether oxygens (including phenoxy) is 1. The van der Waals surface area contributed by atoms with E-state index in [1.807, 2.05) is 0 Å². The van der Waals surface area contributed by atoms with Crippen molar-refractivity contribution in [2.45, 2.75) is 12.6 Å². The number of aliphatic hydroxyl groups excluding tert-OH is 1. The molecule has 0 radical (unpaired) electrons. The minimum Gasteiger partial charge on any atom is -0.490 e. The molecule has 2 aromatic rings. The zero-order chi connectivity index (χ0) is 14.5. The van der Waals surface area contributed by atoms with Crippen molar-refractivity contribution in [3.8, 4) is 5.75 Å². The Morgan fingerprint density at radius 3 is 2.20 bits per heavy atom. The van der Waals surface area contributed by atoms with Gasteiger partial charge in [-0.3, -0.25) is 0 Å². The molecule has 0 spiro atoms. The maximum atomic E-state index is 13.0. The number of rotatable bonds is 5. The van der Waals surface area contributed by atoms with E-state index in [0.29, 0.717) is 12.1 Å². The quantitative estimate of drug-likeness (QED) is 0.884. The van der Waals surface area contributed by atoms with Crippen LogP contribution in [0.15, 0.2) is 42.5 Å². The van der Waals surface area contributed by atoms with Crippen LogP contribution in [0.1, 0.15) is 17.2 Å². The Morgan fingerprint density at radius 2 is 1.65 bits per heavy atom. The van der Waals surface area contributed by atoms with Gasteiger partial charge in [0.2, 0.25) is 0 Å². The van der Waals surface area contributed by atoms with E-state index in [-0.39, 0.29) is 12.4 Å². The average Bonchev–Trinajstić information content (AvgIpc) is 2.44. The Labute approximate surface area is 115 Å². The van der Waals surface area contributed by atoms with Crippen LogP contribution in [0, 0.1) is 11.6 Å². The third-order valence-corrected chi connectivity index (χ3v) is 2.84. The van der Waals surface area contributed by atoms with E-state index in [2.05, 4.69) is 0 Å². The van der Waals surface area contributed by atoms with Gasteiger partial charge in [0.1, 0.15) is 30.1 Å². The molecule has 0 amide bonds. The van der Waals surface area contributed by atoms with Gasteiger partial charge in [-0.05, 0) is 11.1 Å². The van der Waals surface area contributed by atoms with Crippen LogP contribution in [0.2, 0.25) is 0 Å². The van der Waals surface area contributed by atoms with Gasteiger partial charge in [-0.25, -0.2) is 8.78 Å². The lowest BCUT2D eigenvalue weighted by atomic mass is 10.1. The molecular formula is C15H15F2NO2. The summed E-state index contributed by atoms with van der Waals surface area (Å²) >= 11 is 0. The van der Waals surface area contributed by atoms with Gasteiger partial charge in [0.15, 0.2) is 0 Å². The van der Waals surface area contributed by atoms with Crippen molar-refractivity contribution in [2.24, 2.45) is 5.73 Å². The van der Waals surface area contributed by atoms with Gasteiger partial charge in [-0.1, -0.05) is 24.3 Å². The molecule has 0 aromatic heterocycles. The van der Waals surface area contributed by atoms with Crippen molar-refractivity contribution in [3.63, 3.8) is 0 Å². The smallest absolute Gasteiger partial charge is 0.129 e. The first-order valence-corrected chi connectivity index (χ1v) is 6.14. The van der Waals surface area contributed by atoms with Crippen molar-refractivity contribution in [3.05, 3.63) is 65.2 Å². The molecule has 0 heterocycles. The average molecular weight is 279 g/mol. The number of benzene rings is 2. The van der Waals surface area contributed by atoms with Crippen LogP contribution in [0.3, 0.4) is 0 Å². The molecule has 3 N–H and O–H groups in total. The van der Waals surface area contributed by atoms with Crippen molar-refractivity contribution in [1.29, 1.82) is 0 Å². The molecule has 1 unspecified atom stereocenters. The minimum absolute atomic E-state index is 0.0418. The lowest BCUT2D eigenvalue weighted by Crippen LogP contribution is -2.10. The molecular weight excluding hydrogens is 264 g/mol. The Bertz CT molecular complexity index is 552. The molecule has 5 heteroatoms. The molecule has 2 rings (SSSR count). The van der Waals surface area contributed by atoms with Crippen molar-refractivity contribution in [2.75, 3.05) is 6.61 Å². The highest BCUT2D eigenvalue weighted by Crippen LogP contribution is 2.19. The van der Waals surface area contributed by atoms with Crippen molar-refractivity contribution >= 4 is 0 Å². The summed E-state index contributed by atoms with van der Waals surface area (Å²) in [5.74, 6) is -1.40. The van der Waals surface area contributed by atoms with Crippen LogP contribution in [0.4, 0.5) is 8.78 Å². The first-order chi connectivity index (χ1) is 9.58. The van der Waals surface area contributed by atoms with Crippen LogP contribution in [0.5, 0.6) is 5.75 Å². The zero-order valence-corrected chi connectivity index (χ0v) is 10.7. The molecule has 0 saturated carbocycles. The van der Waals surface area contributed by atoms with Gasteiger partial charge in [0.25, 0.3) is 0 Å². The van der Waals surface area contributed by atoms with Crippen LogP contribution in [-0.4, -0.2) is 11.7 Å². The Hall–Kier alpha value is -1.98. The largest absolute Gasteiger partial charge is 0.490 e. The van der Waals surface area contributed by atoms with Gasteiger partial charge < -0.3 is 15.6 Å². The topological polar surface area (TPSA) is 55.5 Å². The number of nitrogens with two attached hydrogens (primary N) is 1. The SMILES string of the molecule is NCc1ccc(C(O)COc2cc(F)cc(F)c2)cc1. The standard InChI is InChI=1S/C15H15F2NO2/c16-12-5-13(17)7-14(6-12)20-9-15(19)11-3-1-10(8-18)2-4-11/h1-7,15,19H,8-9,18H2. The van der Waals surface area contributed by atoms with E-state index in [9.17, 15) is 13.9 Å². The van der Waals surface area contributed by atoms with E-state index >= 15 is 0 Å². The molecule has 0 aliphatic rings. The van der Waals surface area contributed by atoms with Crippen LogP contribution in [-0.2, 0) is 6.54 Å². The predicted molar refractivity (Wildman–Crippen MR) is 71.1 cm³/mol. The summed E-state index contributed by atoms with van der Waals surface area (Å²) in [6, 6.07) is 9.97. The number of hydrogen-bond donors (Lipinski definition) is 2. The second-order valence-corrected chi connectivity index (χ2v) is 4.38. The highest BCUT2D eigenvalue weighted by molar-refractivity contribution is 5.26. The number of aliphatic hydroxyl groups is 1. The Kier molecular flexibility index (Phi) is 4.65. The molecule has 1 atom stereocenters. The van der Waals surface area contributed by atoms with E-state index < -0.39 is 17.7 Å². The Morgan fingerprint density at radius 1 is 1.05 bits per heavy atom. The molecule has 0 fully saturated rings. The fourth-order valence-electron chi connectivity index (χ4n) is 1.76. The zero-order valence-electron chi connectivity index (χ0n) is 10.7. The van der Waals surface area contributed by atoms with Gasteiger partial charge in [-0.15, -0.1) is 0 Å². The first kappa shape index (κ1) is 14.4. The van der Waals surface area contributed by atoms with E-state index in [0.717, 1.165) is 23.8 Å². The third-order valence-electron chi connectivity index (χ3n) is 2.84. The first-order valence-electron chi connectivity index (χ1n) is 6.14. The summed E-state index contributed by atoms with van der Waals surface area (Å²) in [6.07, 6.45) is -0.881. The third kappa shape index (κ3) is 3.76. The fraction of sp³-hybridized carbons (Fsp3) is 0.200.